The first kappa shape index (κ1) is 18.2. The zero-order valence-corrected chi connectivity index (χ0v) is 17.0. The van der Waals surface area contributed by atoms with Gasteiger partial charge in [-0.05, 0) is 51.4 Å². The smallest absolute Gasteiger partial charge is 0.331 e. The van der Waals surface area contributed by atoms with Gasteiger partial charge in [-0.15, -0.1) is 0 Å². The number of imidazole rings is 1. The van der Waals surface area contributed by atoms with Gasteiger partial charge >= 0.3 is 5.69 Å². The SMILES string of the molecule is CCC[C@@H]1Cn2c(c3nc(C45CCC(O)(CC4)CC5)nc-3n(CCC)c2=O)N1. The Bertz CT molecular complexity index is 905. The topological polar surface area (TPSA) is 85.0 Å². The summed E-state index contributed by atoms with van der Waals surface area (Å²) in [5.41, 5.74) is 0.378. The van der Waals surface area contributed by atoms with Crippen LogP contribution >= 0.6 is 0 Å². The third-order valence-electron chi connectivity index (χ3n) is 7.36. The number of anilines is 1. The fourth-order valence-electron chi connectivity index (χ4n) is 5.59. The first-order valence-corrected chi connectivity index (χ1v) is 11.0. The van der Waals surface area contributed by atoms with E-state index < -0.39 is 5.60 Å². The van der Waals surface area contributed by atoms with Crippen LogP contribution < -0.4 is 11.0 Å². The van der Waals surface area contributed by atoms with Gasteiger partial charge in [0.1, 0.15) is 17.3 Å². The van der Waals surface area contributed by atoms with Gasteiger partial charge in [-0.3, -0.25) is 9.13 Å². The third kappa shape index (κ3) is 2.55. The van der Waals surface area contributed by atoms with Crippen molar-refractivity contribution in [3.8, 4) is 11.5 Å². The monoisotopic (exact) mass is 385 g/mol. The van der Waals surface area contributed by atoms with E-state index in [-0.39, 0.29) is 17.1 Å². The number of aliphatic hydroxyl groups is 1. The van der Waals surface area contributed by atoms with E-state index in [1.54, 1.807) is 0 Å². The minimum absolute atomic E-state index is 0.0288. The molecule has 6 rings (SSSR count). The van der Waals surface area contributed by atoms with Crippen LogP contribution in [0.1, 0.15) is 77.5 Å². The standard InChI is InChI=1S/C21H31N5O2/c1-3-5-14-13-26-16(22-14)15-17(25(12-4-2)19(26)27)24-18(23-15)20-6-9-21(28,10-7-20)11-8-20/h14,22,28H,3-13H2,1-2H3/t14-,20?,21?/m1/s1. The number of rotatable bonds is 5. The van der Waals surface area contributed by atoms with Crippen molar-refractivity contribution in [2.75, 3.05) is 5.32 Å². The Morgan fingerprint density at radius 2 is 1.82 bits per heavy atom. The number of fused-ring (bicyclic) bond motifs is 6. The zero-order valence-electron chi connectivity index (χ0n) is 17.0. The Balaban J connectivity index is 1.63. The van der Waals surface area contributed by atoms with Gasteiger partial charge in [0, 0.05) is 24.5 Å². The number of nitrogens with zero attached hydrogens (tertiary/aromatic N) is 4. The van der Waals surface area contributed by atoms with Crippen LogP contribution in [0.2, 0.25) is 0 Å². The molecular formula is C21H31N5O2. The van der Waals surface area contributed by atoms with E-state index in [0.717, 1.165) is 80.9 Å². The maximum Gasteiger partial charge on any atom is 0.331 e. The molecule has 1 atom stereocenters. The van der Waals surface area contributed by atoms with Crippen LogP contribution in [0.3, 0.4) is 0 Å². The van der Waals surface area contributed by atoms with Crippen LogP contribution in [0.15, 0.2) is 4.79 Å². The quantitative estimate of drug-likeness (QED) is 0.827. The average molecular weight is 386 g/mol. The normalized spacial score (nSPS) is 31.3. The van der Waals surface area contributed by atoms with Crippen molar-refractivity contribution in [3.63, 3.8) is 0 Å². The van der Waals surface area contributed by atoms with E-state index in [4.69, 9.17) is 9.97 Å². The van der Waals surface area contributed by atoms with E-state index in [1.165, 1.54) is 0 Å². The summed E-state index contributed by atoms with van der Waals surface area (Å²) in [5, 5.41) is 14.1. The molecule has 152 valence electrons. The van der Waals surface area contributed by atoms with Crippen LogP contribution in [0.4, 0.5) is 5.82 Å². The summed E-state index contributed by atoms with van der Waals surface area (Å²) in [6.07, 6.45) is 8.36. The van der Waals surface area contributed by atoms with Gasteiger partial charge in [-0.1, -0.05) is 20.3 Å². The van der Waals surface area contributed by atoms with E-state index in [0.29, 0.717) is 13.1 Å². The number of hydrogen-bond donors (Lipinski definition) is 2. The maximum atomic E-state index is 13.2. The molecule has 3 saturated carbocycles. The summed E-state index contributed by atoms with van der Waals surface area (Å²) < 4.78 is 3.69. The molecule has 0 aromatic rings. The summed E-state index contributed by atoms with van der Waals surface area (Å²) >= 11 is 0. The molecule has 0 amide bonds. The van der Waals surface area contributed by atoms with Crippen molar-refractivity contribution in [1.29, 1.82) is 0 Å². The van der Waals surface area contributed by atoms with E-state index in [9.17, 15) is 9.90 Å². The van der Waals surface area contributed by atoms with Crippen molar-refractivity contribution in [2.45, 2.75) is 102 Å². The van der Waals surface area contributed by atoms with Gasteiger partial charge in [-0.25, -0.2) is 14.8 Å². The van der Waals surface area contributed by atoms with Crippen molar-refractivity contribution in [3.05, 3.63) is 16.3 Å². The van der Waals surface area contributed by atoms with Crippen LogP contribution in [0.25, 0.3) is 11.5 Å². The molecule has 3 aliphatic carbocycles. The second-order valence-corrected chi connectivity index (χ2v) is 9.25. The molecule has 0 spiro atoms. The van der Waals surface area contributed by atoms with Gasteiger partial charge in [0.15, 0.2) is 5.82 Å². The van der Waals surface area contributed by atoms with Crippen LogP contribution in [0, 0.1) is 0 Å². The molecule has 0 unspecified atom stereocenters. The van der Waals surface area contributed by atoms with Crippen LogP contribution in [0.5, 0.6) is 0 Å². The van der Waals surface area contributed by atoms with Gasteiger partial charge in [-0.2, -0.15) is 0 Å². The predicted molar refractivity (Wildman–Crippen MR) is 108 cm³/mol. The van der Waals surface area contributed by atoms with Gasteiger partial charge in [0.05, 0.1) is 5.60 Å². The van der Waals surface area contributed by atoms with Gasteiger partial charge in [0.25, 0.3) is 0 Å². The molecule has 7 nitrogen and oxygen atoms in total. The Labute approximate surface area is 165 Å². The van der Waals surface area contributed by atoms with Crippen LogP contribution in [-0.2, 0) is 18.5 Å². The molecule has 6 aliphatic rings. The molecule has 0 radical (unpaired) electrons. The minimum Gasteiger partial charge on any atom is -0.390 e. The van der Waals surface area contributed by atoms with Crippen LogP contribution in [-0.4, -0.2) is 35.9 Å². The maximum absolute atomic E-state index is 13.2. The van der Waals surface area contributed by atoms with Gasteiger partial charge in [0.2, 0.25) is 0 Å². The second-order valence-electron chi connectivity index (χ2n) is 9.25. The van der Waals surface area contributed by atoms with Crippen molar-refractivity contribution in [1.82, 2.24) is 19.1 Å². The number of nitrogens with one attached hydrogen (secondary N) is 1. The molecule has 2 N–H and O–H groups in total. The molecule has 0 saturated heterocycles. The Morgan fingerprint density at radius 1 is 1.11 bits per heavy atom. The molecule has 2 bridgehead atoms. The van der Waals surface area contributed by atoms with Crippen molar-refractivity contribution in [2.24, 2.45) is 0 Å². The summed E-state index contributed by atoms with van der Waals surface area (Å²) in [7, 11) is 0. The number of hydrogen-bond acceptors (Lipinski definition) is 5. The molecular weight excluding hydrogens is 354 g/mol. The highest BCUT2D eigenvalue weighted by molar-refractivity contribution is 5.70. The van der Waals surface area contributed by atoms with E-state index >= 15 is 0 Å². The lowest BCUT2D eigenvalue weighted by Gasteiger charge is -2.49. The zero-order chi connectivity index (χ0) is 19.5. The molecule has 3 heterocycles. The van der Waals surface area contributed by atoms with Gasteiger partial charge < -0.3 is 10.4 Å². The highest BCUT2D eigenvalue weighted by Crippen LogP contribution is 2.53. The lowest BCUT2D eigenvalue weighted by molar-refractivity contribution is -0.0677. The summed E-state index contributed by atoms with van der Waals surface area (Å²) in [6.45, 7) is 5.64. The average Bonchev–Trinajstić information content (AvgIpc) is 3.31. The highest BCUT2D eigenvalue weighted by atomic mass is 16.3. The molecule has 0 aromatic carbocycles. The molecule has 3 aliphatic heterocycles. The molecule has 0 aromatic heterocycles. The van der Waals surface area contributed by atoms with Crippen molar-refractivity contribution >= 4 is 5.82 Å². The Hall–Kier alpha value is -1.89. The fourth-order valence-corrected chi connectivity index (χ4v) is 5.59. The lowest BCUT2D eigenvalue weighted by Crippen LogP contribution is -2.48. The second kappa shape index (κ2) is 6.31. The predicted octanol–water partition coefficient (Wildman–Crippen LogP) is 2.89. The third-order valence-corrected chi connectivity index (χ3v) is 7.36. The molecule has 7 heteroatoms. The molecule has 28 heavy (non-hydrogen) atoms. The first-order valence-electron chi connectivity index (χ1n) is 11.0. The summed E-state index contributed by atoms with van der Waals surface area (Å²) in [5.74, 6) is 2.48. The fraction of sp³-hybridized carbons (Fsp3) is 0.762. The van der Waals surface area contributed by atoms with E-state index in [2.05, 4.69) is 19.2 Å². The Morgan fingerprint density at radius 3 is 2.46 bits per heavy atom. The first-order chi connectivity index (χ1) is 13.5. The summed E-state index contributed by atoms with van der Waals surface area (Å²) in [4.78, 5) is 23.2. The largest absolute Gasteiger partial charge is 0.390 e. The number of aromatic nitrogens is 4. The Kier molecular flexibility index (Phi) is 4.09. The summed E-state index contributed by atoms with van der Waals surface area (Å²) in [6, 6.07) is 0.288. The minimum atomic E-state index is -0.468. The lowest BCUT2D eigenvalue weighted by atomic mass is 9.58. The molecule has 3 fully saturated rings. The van der Waals surface area contributed by atoms with Crippen molar-refractivity contribution < 1.29 is 5.11 Å². The highest BCUT2D eigenvalue weighted by Gasteiger charge is 2.51. The van der Waals surface area contributed by atoms with E-state index in [1.807, 2.05) is 9.13 Å².